The molecule has 5 nitrogen and oxygen atoms in total. The van der Waals surface area contributed by atoms with E-state index in [1.807, 2.05) is 0 Å². The van der Waals surface area contributed by atoms with Gasteiger partial charge in [0.05, 0.1) is 26.0 Å². The average Bonchev–Trinajstić information content (AvgIpc) is 2.28. The third kappa shape index (κ3) is 2.16. The summed E-state index contributed by atoms with van der Waals surface area (Å²) in [6.45, 7) is 0.760. The molecule has 6 heteroatoms. The molecule has 0 radical (unpaired) electrons. The number of anilines is 1. The third-order valence-corrected chi connectivity index (χ3v) is 3.04. The molecule has 2 rings (SSSR count). The van der Waals surface area contributed by atoms with E-state index in [1.165, 1.54) is 25.3 Å². The molecule has 1 saturated heterocycles. The Morgan fingerprint density at radius 2 is 2.33 bits per heavy atom. The molecule has 1 amide bonds. The highest BCUT2D eigenvalue weighted by atomic mass is 19.1. The monoisotopic (exact) mass is 254 g/mol. The Balaban J connectivity index is 2.18. The van der Waals surface area contributed by atoms with E-state index in [0.29, 0.717) is 11.4 Å². The number of methoxy groups -OCH3 is 1. The van der Waals surface area contributed by atoms with Crippen LogP contribution in [0, 0.1) is 11.2 Å². The SMILES string of the molecule is COc1ccc(F)cc1NC(=O)C1(CN)COC1. The number of hydrogen-bond acceptors (Lipinski definition) is 4. The molecule has 0 atom stereocenters. The molecule has 3 N–H and O–H groups in total. The molecule has 0 unspecified atom stereocenters. The number of ether oxygens (including phenoxy) is 2. The maximum absolute atomic E-state index is 13.2. The summed E-state index contributed by atoms with van der Waals surface area (Å²) in [5.74, 6) is -0.324. The number of carbonyl (C=O) groups is 1. The molecule has 1 heterocycles. The topological polar surface area (TPSA) is 73.6 Å². The lowest BCUT2D eigenvalue weighted by molar-refractivity contribution is -0.153. The molecular weight excluding hydrogens is 239 g/mol. The normalized spacial score (nSPS) is 16.8. The summed E-state index contributed by atoms with van der Waals surface area (Å²) in [5, 5.41) is 2.63. The first kappa shape index (κ1) is 12.8. The average molecular weight is 254 g/mol. The van der Waals surface area contributed by atoms with Crippen molar-refractivity contribution in [3.05, 3.63) is 24.0 Å². The highest BCUT2D eigenvalue weighted by molar-refractivity contribution is 5.97. The van der Waals surface area contributed by atoms with Crippen molar-refractivity contribution >= 4 is 11.6 Å². The lowest BCUT2D eigenvalue weighted by Crippen LogP contribution is -2.56. The first-order valence-electron chi connectivity index (χ1n) is 5.54. The zero-order valence-electron chi connectivity index (χ0n) is 10.0. The molecule has 0 aromatic heterocycles. The quantitative estimate of drug-likeness (QED) is 0.831. The molecule has 0 saturated carbocycles. The Kier molecular flexibility index (Phi) is 3.49. The molecule has 1 aromatic carbocycles. The van der Waals surface area contributed by atoms with Gasteiger partial charge < -0.3 is 20.5 Å². The van der Waals surface area contributed by atoms with E-state index < -0.39 is 11.2 Å². The Labute approximate surface area is 104 Å². The lowest BCUT2D eigenvalue weighted by Gasteiger charge is -2.38. The van der Waals surface area contributed by atoms with Crippen LogP contribution in [0.2, 0.25) is 0 Å². The highest BCUT2D eigenvalue weighted by Gasteiger charge is 2.44. The van der Waals surface area contributed by atoms with Crippen molar-refractivity contribution in [3.8, 4) is 5.75 Å². The van der Waals surface area contributed by atoms with Crippen LogP contribution >= 0.6 is 0 Å². The molecule has 0 spiro atoms. The van der Waals surface area contributed by atoms with Gasteiger partial charge in [-0.05, 0) is 12.1 Å². The highest BCUT2D eigenvalue weighted by Crippen LogP contribution is 2.31. The minimum Gasteiger partial charge on any atom is -0.495 e. The fourth-order valence-electron chi connectivity index (χ4n) is 1.72. The maximum atomic E-state index is 13.2. The molecule has 1 fully saturated rings. The number of halogens is 1. The molecule has 1 aromatic rings. The van der Waals surface area contributed by atoms with Crippen molar-refractivity contribution in [2.24, 2.45) is 11.1 Å². The van der Waals surface area contributed by atoms with Gasteiger partial charge in [-0.15, -0.1) is 0 Å². The first-order valence-corrected chi connectivity index (χ1v) is 5.54. The van der Waals surface area contributed by atoms with Crippen LogP contribution in [0.5, 0.6) is 5.75 Å². The molecule has 98 valence electrons. The van der Waals surface area contributed by atoms with Gasteiger partial charge in [-0.3, -0.25) is 4.79 Å². The van der Waals surface area contributed by atoms with Gasteiger partial charge in [-0.2, -0.15) is 0 Å². The second kappa shape index (κ2) is 4.91. The smallest absolute Gasteiger partial charge is 0.236 e. The van der Waals surface area contributed by atoms with Gasteiger partial charge in [-0.1, -0.05) is 0 Å². The standard InChI is InChI=1S/C12H15FN2O3/c1-17-10-3-2-8(13)4-9(10)15-11(16)12(5-14)6-18-7-12/h2-4H,5-7,14H2,1H3,(H,15,16). The molecule has 0 aliphatic carbocycles. The summed E-state index contributed by atoms with van der Waals surface area (Å²) in [4.78, 5) is 12.1. The summed E-state index contributed by atoms with van der Waals surface area (Å²) >= 11 is 0. The lowest BCUT2D eigenvalue weighted by atomic mass is 9.85. The van der Waals surface area contributed by atoms with Crippen molar-refractivity contribution in [1.82, 2.24) is 0 Å². The first-order chi connectivity index (χ1) is 8.61. The van der Waals surface area contributed by atoms with Gasteiger partial charge >= 0.3 is 0 Å². The van der Waals surface area contributed by atoms with Crippen LogP contribution in [-0.4, -0.2) is 32.8 Å². The molecule has 0 bridgehead atoms. The zero-order valence-corrected chi connectivity index (χ0v) is 10.0. The van der Waals surface area contributed by atoms with E-state index in [2.05, 4.69) is 5.32 Å². The zero-order chi connectivity index (χ0) is 13.2. The van der Waals surface area contributed by atoms with E-state index in [4.69, 9.17) is 15.2 Å². The second-order valence-corrected chi connectivity index (χ2v) is 4.28. The van der Waals surface area contributed by atoms with E-state index in [1.54, 1.807) is 0 Å². The molecule has 18 heavy (non-hydrogen) atoms. The predicted octanol–water partition coefficient (Wildman–Crippen LogP) is 0.748. The van der Waals surface area contributed by atoms with Crippen molar-refractivity contribution < 1.29 is 18.7 Å². The van der Waals surface area contributed by atoms with E-state index >= 15 is 0 Å². The van der Waals surface area contributed by atoms with E-state index in [0.717, 1.165) is 0 Å². The van der Waals surface area contributed by atoms with Gasteiger partial charge in [0.2, 0.25) is 5.91 Å². The third-order valence-electron chi connectivity index (χ3n) is 3.04. The number of hydrogen-bond donors (Lipinski definition) is 2. The van der Waals surface area contributed by atoms with E-state index in [9.17, 15) is 9.18 Å². The Hall–Kier alpha value is -1.66. The number of amides is 1. The van der Waals surface area contributed by atoms with Crippen LogP contribution < -0.4 is 15.8 Å². The molecule has 1 aliphatic heterocycles. The van der Waals surface area contributed by atoms with Crippen molar-refractivity contribution in [1.29, 1.82) is 0 Å². The molecule has 1 aliphatic rings. The number of nitrogens with two attached hydrogens (primary N) is 1. The predicted molar refractivity (Wildman–Crippen MR) is 63.9 cm³/mol. The Bertz CT molecular complexity index is 455. The van der Waals surface area contributed by atoms with Gasteiger partial charge in [0.1, 0.15) is 17.0 Å². The number of nitrogens with one attached hydrogen (secondary N) is 1. The fourth-order valence-corrected chi connectivity index (χ4v) is 1.72. The number of rotatable bonds is 4. The van der Waals surface area contributed by atoms with Crippen LogP contribution in [0.1, 0.15) is 0 Å². The Morgan fingerprint density at radius 3 is 2.83 bits per heavy atom. The summed E-state index contributed by atoms with van der Waals surface area (Å²) in [5.41, 5.74) is 5.16. The van der Waals surface area contributed by atoms with Crippen LogP contribution in [0.15, 0.2) is 18.2 Å². The summed E-state index contributed by atoms with van der Waals surface area (Å²) < 4.78 is 23.2. The van der Waals surface area contributed by atoms with Crippen molar-refractivity contribution in [2.75, 3.05) is 32.2 Å². The minimum atomic E-state index is -0.711. The van der Waals surface area contributed by atoms with Gasteiger partial charge in [-0.25, -0.2) is 4.39 Å². The van der Waals surface area contributed by atoms with Gasteiger partial charge in [0.25, 0.3) is 0 Å². The summed E-state index contributed by atoms with van der Waals surface area (Å²) in [6, 6.07) is 3.93. The maximum Gasteiger partial charge on any atom is 0.236 e. The van der Waals surface area contributed by atoms with Crippen LogP contribution in [-0.2, 0) is 9.53 Å². The number of carbonyl (C=O) groups excluding carboxylic acids is 1. The van der Waals surface area contributed by atoms with E-state index in [-0.39, 0.29) is 25.7 Å². The van der Waals surface area contributed by atoms with Crippen molar-refractivity contribution in [3.63, 3.8) is 0 Å². The van der Waals surface area contributed by atoms with Crippen LogP contribution in [0.3, 0.4) is 0 Å². The fraction of sp³-hybridized carbons (Fsp3) is 0.417. The van der Waals surface area contributed by atoms with Crippen molar-refractivity contribution in [2.45, 2.75) is 0 Å². The number of benzene rings is 1. The minimum absolute atomic E-state index is 0.191. The van der Waals surface area contributed by atoms with Gasteiger partial charge in [0.15, 0.2) is 0 Å². The second-order valence-electron chi connectivity index (χ2n) is 4.28. The largest absolute Gasteiger partial charge is 0.495 e. The summed E-state index contributed by atoms with van der Waals surface area (Å²) in [7, 11) is 1.45. The van der Waals surface area contributed by atoms with Crippen LogP contribution in [0.4, 0.5) is 10.1 Å². The Morgan fingerprint density at radius 1 is 1.61 bits per heavy atom. The molecular formula is C12H15FN2O3. The van der Waals surface area contributed by atoms with Gasteiger partial charge in [0, 0.05) is 12.6 Å². The van der Waals surface area contributed by atoms with Crippen LogP contribution in [0.25, 0.3) is 0 Å². The summed E-state index contributed by atoms with van der Waals surface area (Å²) in [6.07, 6.45) is 0.